The van der Waals surface area contributed by atoms with Crippen molar-refractivity contribution in [1.29, 1.82) is 0 Å². The van der Waals surface area contributed by atoms with Crippen molar-refractivity contribution in [2.45, 2.75) is 13.0 Å². The van der Waals surface area contributed by atoms with Gasteiger partial charge in [-0.15, -0.1) is 0 Å². The zero-order chi connectivity index (χ0) is 14.7. The number of amides is 1. The SMILES string of the molecule is CC(CO)N(C)C(=O)c1ccc(-c2ccc(F)cc2)o1. The van der Waals surface area contributed by atoms with E-state index in [2.05, 4.69) is 0 Å². The molecular weight excluding hydrogens is 261 g/mol. The molecule has 0 aliphatic heterocycles. The Balaban J connectivity index is 2.20. The Kier molecular flexibility index (Phi) is 4.20. The third-order valence-corrected chi connectivity index (χ3v) is 3.19. The summed E-state index contributed by atoms with van der Waals surface area (Å²) in [7, 11) is 1.60. The van der Waals surface area contributed by atoms with Gasteiger partial charge in [0.15, 0.2) is 5.76 Å². The molecule has 1 unspecified atom stereocenters. The molecule has 1 aromatic carbocycles. The lowest BCUT2D eigenvalue weighted by Crippen LogP contribution is -2.37. The second-order valence-corrected chi connectivity index (χ2v) is 4.62. The molecule has 4 nitrogen and oxygen atoms in total. The van der Waals surface area contributed by atoms with E-state index in [4.69, 9.17) is 9.52 Å². The predicted molar refractivity (Wildman–Crippen MR) is 72.7 cm³/mol. The van der Waals surface area contributed by atoms with Gasteiger partial charge in [-0.2, -0.15) is 0 Å². The molecule has 1 aromatic heterocycles. The van der Waals surface area contributed by atoms with Crippen LogP contribution in [0.3, 0.4) is 0 Å². The summed E-state index contributed by atoms with van der Waals surface area (Å²) in [6.07, 6.45) is 0. The van der Waals surface area contributed by atoms with Crippen LogP contribution in [-0.2, 0) is 0 Å². The van der Waals surface area contributed by atoms with Crippen molar-refractivity contribution in [3.63, 3.8) is 0 Å². The number of carbonyl (C=O) groups is 1. The summed E-state index contributed by atoms with van der Waals surface area (Å²) in [6, 6.07) is 8.78. The first-order chi connectivity index (χ1) is 9.52. The van der Waals surface area contributed by atoms with Crippen molar-refractivity contribution < 1.29 is 18.7 Å². The van der Waals surface area contributed by atoms with Gasteiger partial charge in [-0.1, -0.05) is 0 Å². The van der Waals surface area contributed by atoms with Crippen LogP contribution >= 0.6 is 0 Å². The van der Waals surface area contributed by atoms with Crippen LogP contribution in [0, 0.1) is 5.82 Å². The topological polar surface area (TPSA) is 53.7 Å². The standard InChI is InChI=1S/C15H16FNO3/c1-10(9-18)17(2)15(19)14-8-7-13(20-14)11-3-5-12(16)6-4-11/h3-8,10,18H,9H2,1-2H3. The molecule has 1 amide bonds. The number of nitrogens with zero attached hydrogens (tertiary/aromatic N) is 1. The van der Waals surface area contributed by atoms with E-state index in [1.54, 1.807) is 38.2 Å². The molecule has 1 atom stereocenters. The van der Waals surface area contributed by atoms with Gasteiger partial charge in [-0.05, 0) is 43.3 Å². The van der Waals surface area contributed by atoms with Gasteiger partial charge in [0.1, 0.15) is 11.6 Å². The number of furan rings is 1. The van der Waals surface area contributed by atoms with Crippen LogP contribution in [0.2, 0.25) is 0 Å². The highest BCUT2D eigenvalue weighted by Crippen LogP contribution is 2.23. The Bertz CT molecular complexity index is 591. The number of aliphatic hydroxyl groups is 1. The maximum atomic E-state index is 12.9. The molecule has 20 heavy (non-hydrogen) atoms. The number of carbonyl (C=O) groups excluding carboxylic acids is 1. The highest BCUT2D eigenvalue weighted by molar-refractivity contribution is 5.92. The van der Waals surface area contributed by atoms with Gasteiger partial charge in [0.05, 0.1) is 12.6 Å². The fraction of sp³-hybridized carbons (Fsp3) is 0.267. The van der Waals surface area contributed by atoms with Crippen molar-refractivity contribution in [3.8, 4) is 11.3 Å². The van der Waals surface area contributed by atoms with E-state index in [0.29, 0.717) is 11.3 Å². The molecule has 0 fully saturated rings. The summed E-state index contributed by atoms with van der Waals surface area (Å²) in [5.74, 6) is 0.0542. The Morgan fingerprint density at radius 2 is 1.95 bits per heavy atom. The summed E-state index contributed by atoms with van der Waals surface area (Å²) < 4.78 is 18.3. The first-order valence-electron chi connectivity index (χ1n) is 6.26. The van der Waals surface area contributed by atoms with Gasteiger partial charge in [0.2, 0.25) is 0 Å². The fourth-order valence-electron chi connectivity index (χ4n) is 1.72. The lowest BCUT2D eigenvalue weighted by atomic mass is 10.2. The maximum Gasteiger partial charge on any atom is 0.289 e. The number of rotatable bonds is 4. The molecule has 0 saturated heterocycles. The zero-order valence-electron chi connectivity index (χ0n) is 11.3. The molecule has 0 saturated carbocycles. The molecular formula is C15H16FNO3. The average molecular weight is 277 g/mol. The minimum atomic E-state index is -0.326. The number of hydrogen-bond donors (Lipinski definition) is 1. The van der Waals surface area contributed by atoms with Gasteiger partial charge < -0.3 is 14.4 Å². The molecule has 0 aliphatic rings. The van der Waals surface area contributed by atoms with Gasteiger partial charge in [0.25, 0.3) is 5.91 Å². The molecule has 0 aliphatic carbocycles. The van der Waals surface area contributed by atoms with Crippen molar-refractivity contribution in [3.05, 3.63) is 48.0 Å². The number of halogens is 1. The average Bonchev–Trinajstić information content (AvgIpc) is 2.95. The molecule has 2 aromatic rings. The summed E-state index contributed by atoms with van der Waals surface area (Å²) in [4.78, 5) is 13.5. The lowest BCUT2D eigenvalue weighted by Gasteiger charge is -2.21. The van der Waals surface area contributed by atoms with Gasteiger partial charge in [-0.25, -0.2) is 4.39 Å². The van der Waals surface area contributed by atoms with Crippen LogP contribution in [0.25, 0.3) is 11.3 Å². The third kappa shape index (κ3) is 2.88. The third-order valence-electron chi connectivity index (χ3n) is 3.19. The van der Waals surface area contributed by atoms with Crippen molar-refractivity contribution in [2.24, 2.45) is 0 Å². The van der Waals surface area contributed by atoms with Crippen molar-refractivity contribution >= 4 is 5.91 Å². The number of benzene rings is 1. The number of aliphatic hydroxyl groups excluding tert-OH is 1. The van der Waals surface area contributed by atoms with Crippen LogP contribution in [-0.4, -0.2) is 35.6 Å². The Labute approximate surface area is 116 Å². The van der Waals surface area contributed by atoms with E-state index in [9.17, 15) is 9.18 Å². The van der Waals surface area contributed by atoms with E-state index >= 15 is 0 Å². The second-order valence-electron chi connectivity index (χ2n) is 4.62. The van der Waals surface area contributed by atoms with E-state index < -0.39 is 0 Å². The second kappa shape index (κ2) is 5.88. The first-order valence-corrected chi connectivity index (χ1v) is 6.26. The van der Waals surface area contributed by atoms with Crippen LogP contribution in [0.5, 0.6) is 0 Å². The van der Waals surface area contributed by atoms with Crippen LogP contribution in [0.4, 0.5) is 4.39 Å². The molecule has 2 rings (SSSR count). The predicted octanol–water partition coefficient (Wildman–Crippen LogP) is 2.54. The number of hydrogen-bond acceptors (Lipinski definition) is 3. The monoisotopic (exact) mass is 277 g/mol. The van der Waals surface area contributed by atoms with Crippen LogP contribution < -0.4 is 0 Å². The molecule has 0 spiro atoms. The van der Waals surface area contributed by atoms with E-state index in [-0.39, 0.29) is 30.1 Å². The van der Waals surface area contributed by atoms with Gasteiger partial charge in [-0.3, -0.25) is 4.79 Å². The first kappa shape index (κ1) is 14.3. The largest absolute Gasteiger partial charge is 0.451 e. The Hall–Kier alpha value is -2.14. The highest BCUT2D eigenvalue weighted by Gasteiger charge is 2.20. The highest BCUT2D eigenvalue weighted by atomic mass is 19.1. The molecule has 1 N–H and O–H groups in total. The summed E-state index contributed by atoms with van der Waals surface area (Å²) in [5.41, 5.74) is 0.698. The zero-order valence-corrected chi connectivity index (χ0v) is 11.3. The molecule has 0 bridgehead atoms. The van der Waals surface area contributed by atoms with Crippen LogP contribution in [0.1, 0.15) is 17.5 Å². The van der Waals surface area contributed by atoms with E-state index in [0.717, 1.165) is 0 Å². The smallest absolute Gasteiger partial charge is 0.289 e. The van der Waals surface area contributed by atoms with Crippen molar-refractivity contribution in [1.82, 2.24) is 4.90 Å². The van der Waals surface area contributed by atoms with Gasteiger partial charge >= 0.3 is 0 Å². The molecule has 1 heterocycles. The van der Waals surface area contributed by atoms with E-state index in [1.165, 1.54) is 17.0 Å². The van der Waals surface area contributed by atoms with Gasteiger partial charge in [0, 0.05) is 12.6 Å². The summed E-state index contributed by atoms with van der Waals surface area (Å²) in [6.45, 7) is 1.62. The maximum absolute atomic E-state index is 12.9. The Morgan fingerprint density at radius 3 is 2.55 bits per heavy atom. The quantitative estimate of drug-likeness (QED) is 0.934. The minimum Gasteiger partial charge on any atom is -0.451 e. The number of likely N-dealkylation sites (N-methyl/N-ethyl adjacent to an activating group) is 1. The molecule has 106 valence electrons. The molecule has 5 heteroatoms. The lowest BCUT2D eigenvalue weighted by molar-refractivity contribution is 0.0651. The minimum absolute atomic E-state index is 0.117. The van der Waals surface area contributed by atoms with Crippen LogP contribution in [0.15, 0.2) is 40.8 Å². The molecule has 0 radical (unpaired) electrons. The fourth-order valence-corrected chi connectivity index (χ4v) is 1.72. The Morgan fingerprint density at radius 1 is 1.30 bits per heavy atom. The normalized spacial score (nSPS) is 12.2. The summed E-state index contributed by atoms with van der Waals surface area (Å²) in [5, 5.41) is 9.05. The van der Waals surface area contributed by atoms with E-state index in [1.807, 2.05) is 0 Å². The summed E-state index contributed by atoms with van der Waals surface area (Å²) >= 11 is 0. The van der Waals surface area contributed by atoms with Crippen molar-refractivity contribution in [2.75, 3.05) is 13.7 Å².